The van der Waals surface area contributed by atoms with Gasteiger partial charge in [0.25, 0.3) is 0 Å². The minimum Gasteiger partial charge on any atom is -0.376 e. The summed E-state index contributed by atoms with van der Waals surface area (Å²) in [6.07, 6.45) is 0. The Bertz CT molecular complexity index is 992. The van der Waals surface area contributed by atoms with Crippen molar-refractivity contribution >= 4 is 63.4 Å². The van der Waals surface area contributed by atoms with E-state index in [0.29, 0.717) is 31.5 Å². The van der Waals surface area contributed by atoms with Crippen molar-refractivity contribution < 1.29 is 0 Å². The molecule has 3 rings (SSSR count). The molecule has 0 spiro atoms. The van der Waals surface area contributed by atoms with Crippen LogP contribution in [0, 0.1) is 0 Å². The van der Waals surface area contributed by atoms with Gasteiger partial charge in [-0.2, -0.15) is 0 Å². The fourth-order valence-corrected chi connectivity index (χ4v) is 4.20. The van der Waals surface area contributed by atoms with Gasteiger partial charge >= 0.3 is 0 Å². The number of nitrogens with one attached hydrogen (secondary N) is 2. The van der Waals surface area contributed by atoms with Gasteiger partial charge in [0, 0.05) is 11.3 Å². The highest BCUT2D eigenvalue weighted by Gasteiger charge is 2.18. The molecule has 0 aliphatic carbocycles. The predicted octanol–water partition coefficient (Wildman–Crippen LogP) is 8.64. The number of para-hydroxylation sites is 2. The smallest absolute Gasteiger partial charge is 0.0760 e. The van der Waals surface area contributed by atoms with E-state index in [-0.39, 0.29) is 6.04 Å². The van der Waals surface area contributed by atoms with E-state index in [2.05, 4.69) is 29.7 Å². The van der Waals surface area contributed by atoms with Crippen molar-refractivity contribution in [1.29, 1.82) is 0 Å². The molecule has 2 nitrogen and oxygen atoms in total. The van der Waals surface area contributed by atoms with Gasteiger partial charge in [-0.15, -0.1) is 0 Å². The van der Waals surface area contributed by atoms with Gasteiger partial charge in [-0.3, -0.25) is 0 Å². The highest BCUT2D eigenvalue weighted by atomic mass is 35.5. The molecule has 0 heterocycles. The van der Waals surface area contributed by atoms with E-state index in [4.69, 9.17) is 46.4 Å². The SMILES string of the molecule is CC(Nc1c(Cl)cccc1Cl)=C(c1ccccc1)C(C)Nc1c(Cl)cccc1Cl. The molecular formula is C23H20Cl4N2. The molecule has 0 fully saturated rings. The van der Waals surface area contributed by atoms with Crippen molar-refractivity contribution in [3.63, 3.8) is 0 Å². The van der Waals surface area contributed by atoms with Gasteiger partial charge in [0.15, 0.2) is 0 Å². The van der Waals surface area contributed by atoms with Gasteiger partial charge in [0.1, 0.15) is 0 Å². The maximum absolute atomic E-state index is 6.36. The number of halogens is 4. The van der Waals surface area contributed by atoms with E-state index in [1.807, 2.05) is 49.4 Å². The first-order valence-corrected chi connectivity index (χ1v) is 10.6. The molecule has 0 amide bonds. The predicted molar refractivity (Wildman–Crippen MR) is 129 cm³/mol. The minimum atomic E-state index is -0.108. The Hall–Kier alpha value is -1.84. The van der Waals surface area contributed by atoms with Crippen LogP contribution < -0.4 is 10.6 Å². The summed E-state index contributed by atoms with van der Waals surface area (Å²) in [6.45, 7) is 4.05. The number of benzene rings is 3. The van der Waals surface area contributed by atoms with E-state index < -0.39 is 0 Å². The second-order valence-electron chi connectivity index (χ2n) is 6.59. The van der Waals surface area contributed by atoms with Crippen molar-refractivity contribution in [2.24, 2.45) is 0 Å². The molecule has 6 heteroatoms. The summed E-state index contributed by atoms with van der Waals surface area (Å²) in [4.78, 5) is 0. The largest absolute Gasteiger partial charge is 0.376 e. The van der Waals surface area contributed by atoms with Crippen LogP contribution in [0.15, 0.2) is 72.4 Å². The van der Waals surface area contributed by atoms with Crippen molar-refractivity contribution in [2.45, 2.75) is 19.9 Å². The van der Waals surface area contributed by atoms with Crippen LogP contribution >= 0.6 is 46.4 Å². The van der Waals surface area contributed by atoms with Crippen molar-refractivity contribution in [1.82, 2.24) is 0 Å². The number of anilines is 2. The second-order valence-corrected chi connectivity index (χ2v) is 8.22. The normalized spacial score (nSPS) is 12.9. The van der Waals surface area contributed by atoms with Crippen molar-refractivity contribution in [3.8, 4) is 0 Å². The van der Waals surface area contributed by atoms with Crippen molar-refractivity contribution in [2.75, 3.05) is 10.6 Å². The average molecular weight is 466 g/mol. The molecule has 2 N–H and O–H groups in total. The molecule has 0 saturated heterocycles. The molecular weight excluding hydrogens is 446 g/mol. The molecule has 3 aromatic carbocycles. The Morgan fingerprint density at radius 3 is 1.69 bits per heavy atom. The first kappa shape index (κ1) is 21.9. The number of hydrogen-bond acceptors (Lipinski definition) is 2. The van der Waals surface area contributed by atoms with Gasteiger partial charge < -0.3 is 10.6 Å². The Kier molecular flexibility index (Phi) is 7.37. The lowest BCUT2D eigenvalue weighted by molar-refractivity contribution is 1.00. The standard InChI is InChI=1S/C23H20Cl4N2/c1-14(28-22-17(24)10-6-11-18(22)25)21(16-8-4-3-5-9-16)15(2)29-23-19(26)12-7-13-20(23)27/h3-14,28-29H,1-2H3. The van der Waals surface area contributed by atoms with E-state index in [9.17, 15) is 0 Å². The fraction of sp³-hybridized carbons (Fsp3) is 0.130. The van der Waals surface area contributed by atoms with Gasteiger partial charge in [0.05, 0.1) is 37.5 Å². The molecule has 150 valence electrons. The zero-order chi connectivity index (χ0) is 21.0. The maximum atomic E-state index is 6.36. The summed E-state index contributed by atoms with van der Waals surface area (Å²) >= 11 is 25.4. The zero-order valence-electron chi connectivity index (χ0n) is 15.9. The Morgan fingerprint density at radius 1 is 0.690 bits per heavy atom. The van der Waals surface area contributed by atoms with Crippen LogP contribution in [0.5, 0.6) is 0 Å². The van der Waals surface area contributed by atoms with Gasteiger partial charge in [-0.05, 0) is 43.7 Å². The molecule has 1 unspecified atom stereocenters. The molecule has 3 aromatic rings. The van der Waals surface area contributed by atoms with Crippen LogP contribution in [-0.2, 0) is 0 Å². The third-order valence-corrected chi connectivity index (χ3v) is 5.78. The Balaban J connectivity index is 2.04. The number of allylic oxidation sites excluding steroid dienone is 1. The highest BCUT2D eigenvalue weighted by Crippen LogP contribution is 2.35. The summed E-state index contributed by atoms with van der Waals surface area (Å²) in [5.41, 5.74) is 4.38. The average Bonchev–Trinajstić information content (AvgIpc) is 2.69. The fourth-order valence-electron chi connectivity index (χ4n) is 3.21. The summed E-state index contributed by atoms with van der Waals surface area (Å²) in [7, 11) is 0. The number of hydrogen-bond donors (Lipinski definition) is 2. The molecule has 0 radical (unpaired) electrons. The summed E-state index contributed by atoms with van der Waals surface area (Å²) < 4.78 is 0. The minimum absolute atomic E-state index is 0.108. The van der Waals surface area contributed by atoms with Crippen molar-refractivity contribution in [3.05, 3.63) is 98.1 Å². The maximum Gasteiger partial charge on any atom is 0.0760 e. The van der Waals surface area contributed by atoms with Crippen LogP contribution in [0.25, 0.3) is 5.57 Å². The third-order valence-electron chi connectivity index (χ3n) is 4.52. The van der Waals surface area contributed by atoms with Gasteiger partial charge in [0.2, 0.25) is 0 Å². The molecule has 0 aliphatic rings. The van der Waals surface area contributed by atoms with E-state index >= 15 is 0 Å². The molecule has 0 aromatic heterocycles. The number of rotatable bonds is 6. The van der Waals surface area contributed by atoms with Crippen LogP contribution in [0.3, 0.4) is 0 Å². The second kappa shape index (κ2) is 9.77. The summed E-state index contributed by atoms with van der Waals surface area (Å²) in [5, 5.41) is 9.07. The first-order chi connectivity index (χ1) is 13.9. The lowest BCUT2D eigenvalue weighted by atomic mass is 9.97. The molecule has 29 heavy (non-hydrogen) atoms. The quantitative estimate of drug-likeness (QED) is 0.380. The third kappa shape index (κ3) is 5.21. The Labute approximate surface area is 191 Å². The molecule has 0 aliphatic heterocycles. The molecule has 0 bridgehead atoms. The van der Waals surface area contributed by atoms with Crippen LogP contribution in [-0.4, -0.2) is 6.04 Å². The van der Waals surface area contributed by atoms with E-state index in [0.717, 1.165) is 16.8 Å². The lowest BCUT2D eigenvalue weighted by Crippen LogP contribution is -2.20. The van der Waals surface area contributed by atoms with Crippen LogP contribution in [0.4, 0.5) is 11.4 Å². The van der Waals surface area contributed by atoms with Crippen LogP contribution in [0.1, 0.15) is 19.4 Å². The topological polar surface area (TPSA) is 24.1 Å². The van der Waals surface area contributed by atoms with E-state index in [1.54, 1.807) is 12.1 Å². The lowest BCUT2D eigenvalue weighted by Gasteiger charge is -2.24. The molecule has 0 saturated carbocycles. The first-order valence-electron chi connectivity index (χ1n) is 9.06. The summed E-state index contributed by atoms with van der Waals surface area (Å²) in [6, 6.07) is 20.8. The van der Waals surface area contributed by atoms with Gasteiger partial charge in [-0.1, -0.05) is 88.9 Å². The van der Waals surface area contributed by atoms with Crippen LogP contribution in [0.2, 0.25) is 20.1 Å². The summed E-state index contributed by atoms with van der Waals surface area (Å²) in [5.74, 6) is 0. The van der Waals surface area contributed by atoms with Gasteiger partial charge in [-0.25, -0.2) is 0 Å². The zero-order valence-corrected chi connectivity index (χ0v) is 19.0. The van der Waals surface area contributed by atoms with E-state index in [1.165, 1.54) is 0 Å². The molecule has 1 atom stereocenters. The monoisotopic (exact) mass is 464 g/mol. The highest BCUT2D eigenvalue weighted by molar-refractivity contribution is 6.39. The Morgan fingerprint density at radius 2 is 1.17 bits per heavy atom.